The Morgan fingerprint density at radius 1 is 1.45 bits per heavy atom. The number of hydrogen-bond acceptors (Lipinski definition) is 3. The van der Waals surface area contributed by atoms with Gasteiger partial charge in [0.15, 0.2) is 0 Å². The van der Waals surface area contributed by atoms with Gasteiger partial charge in [-0.15, -0.1) is 0 Å². The van der Waals surface area contributed by atoms with Crippen LogP contribution in [0.15, 0.2) is 24.3 Å². The highest BCUT2D eigenvalue weighted by atomic mass is 16.4. The van der Waals surface area contributed by atoms with Crippen LogP contribution in [0.3, 0.4) is 0 Å². The Morgan fingerprint density at radius 2 is 2.20 bits per heavy atom. The summed E-state index contributed by atoms with van der Waals surface area (Å²) in [7, 11) is 0. The molecule has 0 aliphatic rings. The van der Waals surface area contributed by atoms with E-state index in [1.54, 1.807) is 24.3 Å². The number of anilines is 1. The number of urea groups is 1. The van der Waals surface area contributed by atoms with Crippen molar-refractivity contribution in [1.29, 1.82) is 5.26 Å². The van der Waals surface area contributed by atoms with E-state index >= 15 is 0 Å². The second-order valence-electron chi connectivity index (χ2n) is 4.40. The van der Waals surface area contributed by atoms with Crippen LogP contribution in [0.2, 0.25) is 0 Å². The Balaban J connectivity index is 2.47. The van der Waals surface area contributed by atoms with Gasteiger partial charge < -0.3 is 15.7 Å². The molecule has 0 aliphatic carbocycles. The molecule has 6 heteroatoms. The van der Waals surface area contributed by atoms with Crippen molar-refractivity contribution in [2.75, 3.05) is 11.9 Å². The molecule has 0 aliphatic heterocycles. The fourth-order valence-corrected chi connectivity index (χ4v) is 1.69. The zero-order valence-electron chi connectivity index (χ0n) is 11.2. The van der Waals surface area contributed by atoms with Gasteiger partial charge in [-0.3, -0.25) is 4.79 Å². The van der Waals surface area contributed by atoms with Crippen LogP contribution in [0, 0.1) is 17.2 Å². The summed E-state index contributed by atoms with van der Waals surface area (Å²) in [6.07, 6.45) is 0.706. The summed E-state index contributed by atoms with van der Waals surface area (Å²) < 4.78 is 0. The van der Waals surface area contributed by atoms with E-state index in [1.807, 2.05) is 13.0 Å². The lowest BCUT2D eigenvalue weighted by molar-refractivity contribution is -0.138. The number of carboxylic acid groups (broad SMARTS) is 1. The molecule has 2 amide bonds. The highest BCUT2D eigenvalue weighted by Crippen LogP contribution is 2.10. The normalized spacial score (nSPS) is 11.2. The molecule has 0 heterocycles. The lowest BCUT2D eigenvalue weighted by atomic mass is 10.0. The van der Waals surface area contributed by atoms with E-state index in [0.717, 1.165) is 0 Å². The van der Waals surface area contributed by atoms with Gasteiger partial charge in [-0.1, -0.05) is 19.4 Å². The highest BCUT2D eigenvalue weighted by molar-refractivity contribution is 5.89. The number of nitriles is 1. The van der Waals surface area contributed by atoms with Gasteiger partial charge in [-0.05, 0) is 24.1 Å². The maximum Gasteiger partial charge on any atom is 0.319 e. The van der Waals surface area contributed by atoms with Gasteiger partial charge in [-0.2, -0.15) is 5.26 Å². The van der Waals surface area contributed by atoms with Gasteiger partial charge in [0, 0.05) is 18.7 Å². The molecule has 1 aromatic carbocycles. The van der Waals surface area contributed by atoms with Gasteiger partial charge in [0.1, 0.15) is 0 Å². The van der Waals surface area contributed by atoms with E-state index in [-0.39, 0.29) is 12.3 Å². The number of nitrogens with one attached hydrogen (secondary N) is 2. The third-order valence-corrected chi connectivity index (χ3v) is 2.84. The zero-order chi connectivity index (χ0) is 15.0. The van der Waals surface area contributed by atoms with Crippen molar-refractivity contribution in [2.24, 2.45) is 5.92 Å². The van der Waals surface area contributed by atoms with E-state index in [2.05, 4.69) is 10.6 Å². The molecule has 0 saturated heterocycles. The molecular formula is C14H17N3O3. The minimum absolute atomic E-state index is 0.0285. The third kappa shape index (κ3) is 5.40. The molecule has 1 rings (SSSR count). The van der Waals surface area contributed by atoms with Crippen molar-refractivity contribution < 1.29 is 14.7 Å². The van der Waals surface area contributed by atoms with Crippen LogP contribution in [-0.2, 0) is 4.79 Å². The summed E-state index contributed by atoms with van der Waals surface area (Å²) >= 11 is 0. The molecule has 0 bridgehead atoms. The molecule has 0 spiro atoms. The number of hydrogen-bond donors (Lipinski definition) is 3. The van der Waals surface area contributed by atoms with Crippen molar-refractivity contribution in [2.45, 2.75) is 19.8 Å². The minimum Gasteiger partial charge on any atom is -0.481 e. The summed E-state index contributed by atoms with van der Waals surface area (Å²) in [5.74, 6) is -0.968. The van der Waals surface area contributed by atoms with E-state index in [0.29, 0.717) is 24.2 Å². The fourth-order valence-electron chi connectivity index (χ4n) is 1.69. The maximum absolute atomic E-state index is 11.7. The topological polar surface area (TPSA) is 102 Å². The second kappa shape index (κ2) is 7.79. The first-order chi connectivity index (χ1) is 9.55. The fraction of sp³-hybridized carbons (Fsp3) is 0.357. The Bertz CT molecular complexity index is 523. The predicted octanol–water partition coefficient (Wildman–Crippen LogP) is 2.18. The molecule has 106 valence electrons. The first-order valence-corrected chi connectivity index (χ1v) is 6.32. The number of amides is 2. The third-order valence-electron chi connectivity index (χ3n) is 2.84. The SMILES string of the molecule is CCC(CNC(=O)Nc1cccc(C#N)c1)CC(=O)O. The monoisotopic (exact) mass is 275 g/mol. The highest BCUT2D eigenvalue weighted by Gasteiger charge is 2.12. The van der Waals surface area contributed by atoms with Crippen molar-refractivity contribution in [3.8, 4) is 6.07 Å². The van der Waals surface area contributed by atoms with Gasteiger partial charge in [-0.25, -0.2) is 4.79 Å². The first kappa shape index (κ1) is 15.5. The van der Waals surface area contributed by atoms with Gasteiger partial charge in [0.25, 0.3) is 0 Å². The summed E-state index contributed by atoms with van der Waals surface area (Å²) in [4.78, 5) is 22.3. The number of carbonyl (C=O) groups excluding carboxylic acids is 1. The second-order valence-corrected chi connectivity index (χ2v) is 4.40. The average molecular weight is 275 g/mol. The molecule has 6 nitrogen and oxygen atoms in total. The lowest BCUT2D eigenvalue weighted by Gasteiger charge is -2.14. The average Bonchev–Trinajstić information content (AvgIpc) is 2.43. The van der Waals surface area contributed by atoms with Crippen LogP contribution in [0.25, 0.3) is 0 Å². The molecule has 1 atom stereocenters. The van der Waals surface area contributed by atoms with Crippen molar-refractivity contribution in [3.05, 3.63) is 29.8 Å². The first-order valence-electron chi connectivity index (χ1n) is 6.32. The molecule has 20 heavy (non-hydrogen) atoms. The molecule has 0 radical (unpaired) electrons. The molecule has 1 aromatic rings. The molecular weight excluding hydrogens is 258 g/mol. The van der Waals surface area contributed by atoms with E-state index in [9.17, 15) is 9.59 Å². The summed E-state index contributed by atoms with van der Waals surface area (Å²) in [5.41, 5.74) is 0.980. The maximum atomic E-state index is 11.7. The molecule has 3 N–H and O–H groups in total. The molecule has 0 saturated carbocycles. The lowest BCUT2D eigenvalue weighted by Crippen LogP contribution is -2.33. The standard InChI is InChI=1S/C14H17N3O3/c1-2-10(7-13(18)19)9-16-14(20)17-12-5-3-4-11(6-12)8-15/h3-6,10H,2,7,9H2,1H3,(H,18,19)(H2,16,17,20). The quantitative estimate of drug-likeness (QED) is 0.740. The van der Waals surface area contributed by atoms with Crippen LogP contribution in [0.4, 0.5) is 10.5 Å². The Kier molecular flexibility index (Phi) is 6.04. The number of nitrogens with zero attached hydrogens (tertiary/aromatic N) is 1. The summed E-state index contributed by atoms with van der Waals surface area (Å²) in [6, 6.07) is 8.13. The molecule has 0 aromatic heterocycles. The van der Waals surface area contributed by atoms with Crippen LogP contribution in [-0.4, -0.2) is 23.7 Å². The zero-order valence-corrected chi connectivity index (χ0v) is 11.2. The van der Waals surface area contributed by atoms with Crippen LogP contribution >= 0.6 is 0 Å². The molecule has 0 fully saturated rings. The predicted molar refractivity (Wildman–Crippen MR) is 74.2 cm³/mol. The van der Waals surface area contributed by atoms with Gasteiger partial charge in [0.2, 0.25) is 0 Å². The van der Waals surface area contributed by atoms with Crippen LogP contribution in [0.1, 0.15) is 25.3 Å². The van der Waals surface area contributed by atoms with Crippen molar-refractivity contribution >= 4 is 17.7 Å². The van der Waals surface area contributed by atoms with Gasteiger partial charge >= 0.3 is 12.0 Å². The number of benzene rings is 1. The molecule has 1 unspecified atom stereocenters. The van der Waals surface area contributed by atoms with Gasteiger partial charge in [0.05, 0.1) is 11.6 Å². The van der Waals surface area contributed by atoms with E-state index in [4.69, 9.17) is 10.4 Å². The summed E-state index contributed by atoms with van der Waals surface area (Å²) in [6.45, 7) is 2.18. The number of carboxylic acids is 1. The Hall–Kier alpha value is -2.55. The van der Waals surface area contributed by atoms with E-state index in [1.165, 1.54) is 0 Å². The van der Waals surface area contributed by atoms with Crippen LogP contribution in [0.5, 0.6) is 0 Å². The summed E-state index contributed by atoms with van der Waals surface area (Å²) in [5, 5.41) is 22.7. The van der Waals surface area contributed by atoms with Crippen molar-refractivity contribution in [3.63, 3.8) is 0 Å². The van der Waals surface area contributed by atoms with Crippen LogP contribution < -0.4 is 10.6 Å². The number of rotatable bonds is 6. The largest absolute Gasteiger partial charge is 0.481 e. The number of aliphatic carboxylic acids is 1. The minimum atomic E-state index is -0.874. The Morgan fingerprint density at radius 3 is 2.80 bits per heavy atom. The van der Waals surface area contributed by atoms with Crippen molar-refractivity contribution in [1.82, 2.24) is 5.32 Å². The smallest absolute Gasteiger partial charge is 0.319 e. The number of carbonyl (C=O) groups is 2. The van der Waals surface area contributed by atoms with E-state index < -0.39 is 12.0 Å². The Labute approximate surface area is 117 Å².